The van der Waals surface area contributed by atoms with Crippen LogP contribution in [0.2, 0.25) is 0 Å². The first-order valence-electron chi connectivity index (χ1n) is 9.33. The molecular formula is C22H23N5O. The molecule has 1 aliphatic rings. The van der Waals surface area contributed by atoms with Crippen LogP contribution in [-0.4, -0.2) is 22.0 Å². The van der Waals surface area contributed by atoms with Gasteiger partial charge < -0.3 is 10.1 Å². The van der Waals surface area contributed by atoms with Crippen LogP contribution in [0.1, 0.15) is 22.5 Å². The Hall–Kier alpha value is -3.41. The summed E-state index contributed by atoms with van der Waals surface area (Å²) in [6.45, 7) is 3.80. The van der Waals surface area contributed by atoms with Crippen LogP contribution in [0.15, 0.2) is 54.6 Å². The maximum atomic E-state index is 8.14. The van der Waals surface area contributed by atoms with Gasteiger partial charge in [-0.3, -0.25) is 10.7 Å². The number of hydrogen-bond donors (Lipinski definition) is 3. The molecule has 0 saturated heterocycles. The minimum atomic E-state index is 0.107. The molecule has 0 spiro atoms. The molecule has 0 bridgehead atoms. The van der Waals surface area contributed by atoms with Crippen LogP contribution in [0.25, 0.3) is 0 Å². The minimum Gasteiger partial charge on any atom is -0.490 e. The van der Waals surface area contributed by atoms with Crippen molar-refractivity contribution in [1.29, 1.82) is 5.41 Å². The fourth-order valence-corrected chi connectivity index (χ4v) is 3.51. The highest BCUT2D eigenvalue weighted by atomic mass is 16.5. The predicted molar refractivity (Wildman–Crippen MR) is 111 cm³/mol. The Kier molecular flexibility index (Phi) is 4.93. The van der Waals surface area contributed by atoms with Gasteiger partial charge in [-0.25, -0.2) is 9.97 Å². The molecule has 0 aliphatic heterocycles. The molecule has 0 amide bonds. The molecule has 0 saturated carbocycles. The van der Waals surface area contributed by atoms with E-state index < -0.39 is 0 Å². The number of nitrogens with zero attached hydrogens (tertiary/aromatic N) is 2. The molecule has 0 fully saturated rings. The topological polar surface area (TPSA) is 82.9 Å². The molecule has 28 heavy (non-hydrogen) atoms. The van der Waals surface area contributed by atoms with Crippen LogP contribution in [0.4, 0.5) is 11.6 Å². The number of anilines is 2. The van der Waals surface area contributed by atoms with E-state index in [0.717, 1.165) is 35.7 Å². The number of ether oxygens (including phenoxy) is 1. The number of benzene rings is 2. The van der Waals surface area contributed by atoms with E-state index in [1.807, 2.05) is 44.2 Å². The second-order valence-electron chi connectivity index (χ2n) is 7.04. The van der Waals surface area contributed by atoms with Gasteiger partial charge in [-0.2, -0.15) is 0 Å². The summed E-state index contributed by atoms with van der Waals surface area (Å²) in [5.41, 5.74) is 5.21. The van der Waals surface area contributed by atoms with Crippen molar-refractivity contribution < 1.29 is 4.74 Å². The first-order chi connectivity index (χ1) is 13.5. The summed E-state index contributed by atoms with van der Waals surface area (Å²) in [5.74, 6) is 1.31. The first-order valence-corrected chi connectivity index (χ1v) is 9.33. The average molecular weight is 373 g/mol. The van der Waals surface area contributed by atoms with Gasteiger partial charge in [0.25, 0.3) is 0 Å². The highest BCUT2D eigenvalue weighted by molar-refractivity contribution is 6.00. The lowest BCUT2D eigenvalue weighted by atomic mass is 10.1. The summed E-state index contributed by atoms with van der Waals surface area (Å²) >= 11 is 0. The Bertz CT molecular complexity index is 972. The van der Waals surface area contributed by atoms with Gasteiger partial charge in [0, 0.05) is 36.0 Å². The molecule has 6 nitrogen and oxygen atoms in total. The lowest BCUT2D eigenvalue weighted by Gasteiger charge is -2.15. The molecule has 3 aromatic rings. The van der Waals surface area contributed by atoms with E-state index in [2.05, 4.69) is 44.9 Å². The van der Waals surface area contributed by atoms with E-state index in [4.69, 9.17) is 10.1 Å². The molecule has 142 valence electrons. The molecule has 1 aromatic heterocycles. The fraction of sp³-hybridized carbons (Fsp3) is 0.227. The molecule has 1 aliphatic carbocycles. The third kappa shape index (κ3) is 4.28. The summed E-state index contributed by atoms with van der Waals surface area (Å²) in [5, 5.41) is 14.1. The zero-order chi connectivity index (χ0) is 19.5. The standard InChI is InChI=1S/C22H23N5O/c1-14-10-15(2)25-22(24-14)27-21(23)26-18-8-5-9-19(13-18)28-20-11-16-6-3-4-7-17(16)12-20/h3-10,13,20H,11-12H2,1-2H3,(H3,23,24,25,26,27). The predicted octanol–water partition coefficient (Wildman–Crippen LogP) is 4.10. The second kappa shape index (κ2) is 7.68. The van der Waals surface area contributed by atoms with E-state index >= 15 is 0 Å². The van der Waals surface area contributed by atoms with E-state index in [1.54, 1.807) is 0 Å². The number of fused-ring (bicyclic) bond motifs is 1. The van der Waals surface area contributed by atoms with E-state index in [-0.39, 0.29) is 12.1 Å². The van der Waals surface area contributed by atoms with Crippen molar-refractivity contribution in [3.05, 3.63) is 77.1 Å². The van der Waals surface area contributed by atoms with Crippen LogP contribution < -0.4 is 15.4 Å². The van der Waals surface area contributed by atoms with Crippen LogP contribution >= 0.6 is 0 Å². The molecule has 3 N–H and O–H groups in total. The van der Waals surface area contributed by atoms with Gasteiger partial charge >= 0.3 is 0 Å². The number of guanidine groups is 1. The van der Waals surface area contributed by atoms with Crippen molar-refractivity contribution in [3.8, 4) is 5.75 Å². The quantitative estimate of drug-likeness (QED) is 0.474. The number of aryl methyl sites for hydroxylation is 2. The van der Waals surface area contributed by atoms with E-state index in [9.17, 15) is 0 Å². The average Bonchev–Trinajstić information content (AvgIpc) is 3.03. The highest BCUT2D eigenvalue weighted by Gasteiger charge is 2.22. The van der Waals surface area contributed by atoms with Gasteiger partial charge in [0.1, 0.15) is 11.9 Å². The SMILES string of the molecule is Cc1cc(C)nc(NC(=N)Nc2cccc(OC3Cc4ccccc4C3)c2)n1. The monoisotopic (exact) mass is 373 g/mol. The highest BCUT2D eigenvalue weighted by Crippen LogP contribution is 2.27. The number of nitrogens with one attached hydrogen (secondary N) is 3. The maximum Gasteiger partial charge on any atom is 0.229 e. The maximum absolute atomic E-state index is 8.14. The Morgan fingerprint density at radius 1 is 0.929 bits per heavy atom. The van der Waals surface area contributed by atoms with Crippen LogP contribution in [0.5, 0.6) is 5.75 Å². The Morgan fingerprint density at radius 3 is 2.29 bits per heavy atom. The largest absolute Gasteiger partial charge is 0.490 e. The van der Waals surface area contributed by atoms with Gasteiger partial charge in [-0.05, 0) is 43.2 Å². The normalized spacial score (nSPS) is 13.1. The summed E-state index contributed by atoms with van der Waals surface area (Å²) in [4.78, 5) is 8.59. The Morgan fingerprint density at radius 2 is 1.61 bits per heavy atom. The molecule has 6 heteroatoms. The number of aromatic nitrogens is 2. The van der Waals surface area contributed by atoms with Crippen molar-refractivity contribution in [2.24, 2.45) is 0 Å². The fourth-order valence-electron chi connectivity index (χ4n) is 3.51. The zero-order valence-corrected chi connectivity index (χ0v) is 16.0. The summed E-state index contributed by atoms with van der Waals surface area (Å²) in [7, 11) is 0. The summed E-state index contributed by atoms with van der Waals surface area (Å²) in [6.07, 6.45) is 2.00. The van der Waals surface area contributed by atoms with Crippen molar-refractivity contribution in [1.82, 2.24) is 9.97 Å². The van der Waals surface area contributed by atoms with Gasteiger partial charge in [0.15, 0.2) is 5.96 Å². The Balaban J connectivity index is 1.38. The first kappa shape index (κ1) is 18.0. The zero-order valence-electron chi connectivity index (χ0n) is 16.0. The Labute approximate surface area is 164 Å². The molecular weight excluding hydrogens is 350 g/mol. The van der Waals surface area contributed by atoms with Crippen molar-refractivity contribution in [3.63, 3.8) is 0 Å². The van der Waals surface area contributed by atoms with Crippen LogP contribution in [0.3, 0.4) is 0 Å². The van der Waals surface area contributed by atoms with Gasteiger partial charge in [0.2, 0.25) is 5.95 Å². The lowest BCUT2D eigenvalue weighted by Crippen LogP contribution is -2.22. The minimum absolute atomic E-state index is 0.107. The van der Waals surface area contributed by atoms with Crippen molar-refractivity contribution in [2.45, 2.75) is 32.8 Å². The van der Waals surface area contributed by atoms with E-state index in [0.29, 0.717) is 5.95 Å². The van der Waals surface area contributed by atoms with E-state index in [1.165, 1.54) is 11.1 Å². The molecule has 2 aromatic carbocycles. The third-order valence-electron chi connectivity index (χ3n) is 4.64. The van der Waals surface area contributed by atoms with Gasteiger partial charge in [-0.15, -0.1) is 0 Å². The van der Waals surface area contributed by atoms with Crippen molar-refractivity contribution >= 4 is 17.6 Å². The summed E-state index contributed by atoms with van der Waals surface area (Å²) < 4.78 is 6.17. The number of rotatable bonds is 4. The lowest BCUT2D eigenvalue weighted by molar-refractivity contribution is 0.214. The smallest absolute Gasteiger partial charge is 0.229 e. The molecule has 0 atom stereocenters. The van der Waals surface area contributed by atoms with Crippen LogP contribution in [-0.2, 0) is 12.8 Å². The van der Waals surface area contributed by atoms with Gasteiger partial charge in [-0.1, -0.05) is 30.3 Å². The second-order valence-corrected chi connectivity index (χ2v) is 7.04. The number of hydrogen-bond acceptors (Lipinski definition) is 4. The molecule has 4 rings (SSSR count). The van der Waals surface area contributed by atoms with Gasteiger partial charge in [0.05, 0.1) is 0 Å². The van der Waals surface area contributed by atoms with Crippen LogP contribution in [0, 0.1) is 19.3 Å². The summed E-state index contributed by atoms with van der Waals surface area (Å²) in [6, 6.07) is 18.0. The molecule has 0 unspecified atom stereocenters. The third-order valence-corrected chi connectivity index (χ3v) is 4.64. The molecule has 1 heterocycles. The van der Waals surface area contributed by atoms with Crippen molar-refractivity contribution in [2.75, 3.05) is 10.6 Å². The molecule has 0 radical (unpaired) electrons.